The summed E-state index contributed by atoms with van der Waals surface area (Å²) in [5, 5.41) is 9.34. The molecule has 0 atom stereocenters. The van der Waals surface area contributed by atoms with Crippen LogP contribution in [0.4, 0.5) is 5.82 Å². The van der Waals surface area contributed by atoms with Crippen LogP contribution in [0.25, 0.3) is 0 Å². The first-order valence-corrected chi connectivity index (χ1v) is 16.3. The standard InChI is InChI=1S/C38H40N6O3/c1-29-12-14-33(40-25-29)37(46)43-20-17-38(18-21-43)16-7-19-42(35-15-13-31(24-39)26-41-35)22-23-44(27-30-8-3-2-4-9-30)36(45)32-10-5-6-11-34(32)47-28-38/h2-6,8-15,25-26H,7,16-23,27-28H2,1H3. The van der Waals surface area contributed by atoms with E-state index in [-0.39, 0.29) is 17.2 Å². The molecule has 4 heterocycles. The number of anilines is 1. The maximum Gasteiger partial charge on any atom is 0.272 e. The monoisotopic (exact) mass is 628 g/mol. The van der Waals surface area contributed by atoms with Gasteiger partial charge in [-0.1, -0.05) is 48.5 Å². The Morgan fingerprint density at radius 1 is 0.872 bits per heavy atom. The summed E-state index contributed by atoms with van der Waals surface area (Å²) in [6, 6.07) is 27.1. The lowest BCUT2D eigenvalue weighted by Crippen LogP contribution is -2.46. The van der Waals surface area contributed by atoms with Crippen molar-refractivity contribution in [2.24, 2.45) is 5.41 Å². The molecule has 0 aliphatic carbocycles. The van der Waals surface area contributed by atoms with E-state index in [2.05, 4.69) is 20.9 Å². The van der Waals surface area contributed by atoms with Gasteiger partial charge in [0.05, 0.1) is 17.7 Å². The first kappa shape index (κ1) is 31.7. The lowest BCUT2D eigenvalue weighted by molar-refractivity contribution is 0.0360. The maximum absolute atomic E-state index is 14.2. The lowest BCUT2D eigenvalue weighted by Gasteiger charge is -2.42. The molecule has 1 fully saturated rings. The molecular weight excluding hydrogens is 588 g/mol. The van der Waals surface area contributed by atoms with Gasteiger partial charge in [-0.3, -0.25) is 14.6 Å². The van der Waals surface area contributed by atoms with Gasteiger partial charge >= 0.3 is 0 Å². The molecule has 0 N–H and O–H groups in total. The number of benzene rings is 2. The van der Waals surface area contributed by atoms with E-state index >= 15 is 0 Å². The highest BCUT2D eigenvalue weighted by molar-refractivity contribution is 5.97. The summed E-state index contributed by atoms with van der Waals surface area (Å²) in [4.78, 5) is 42.5. The molecule has 0 saturated carbocycles. The molecule has 9 heteroatoms. The zero-order valence-corrected chi connectivity index (χ0v) is 26.8. The fourth-order valence-electron chi connectivity index (χ4n) is 6.50. The average molecular weight is 629 g/mol. The number of rotatable bonds is 4. The molecule has 0 radical (unpaired) electrons. The molecule has 1 saturated heterocycles. The van der Waals surface area contributed by atoms with E-state index in [0.29, 0.717) is 61.9 Å². The molecule has 240 valence electrons. The zero-order chi connectivity index (χ0) is 32.6. The number of nitrogens with zero attached hydrogens (tertiary/aromatic N) is 6. The number of fused-ring (bicyclic) bond motifs is 1. The van der Waals surface area contributed by atoms with Gasteiger partial charge in [0.1, 0.15) is 23.3 Å². The van der Waals surface area contributed by atoms with E-state index in [1.54, 1.807) is 24.5 Å². The van der Waals surface area contributed by atoms with Crippen LogP contribution in [-0.2, 0) is 6.54 Å². The SMILES string of the molecule is Cc1ccc(C(=O)N2CCC3(CCCN(c4ccc(C#N)cn4)CCN(Cc4ccccc4)C(=O)c4ccccc4OC3)CC2)nc1. The summed E-state index contributed by atoms with van der Waals surface area (Å²) >= 11 is 0. The third-order valence-electron chi connectivity index (χ3n) is 9.37. The maximum atomic E-state index is 14.2. The number of pyridine rings is 2. The van der Waals surface area contributed by atoms with Crippen LogP contribution in [0.3, 0.4) is 0 Å². The Morgan fingerprint density at radius 2 is 1.66 bits per heavy atom. The summed E-state index contributed by atoms with van der Waals surface area (Å²) < 4.78 is 6.57. The molecule has 0 unspecified atom stereocenters. The molecule has 0 bridgehead atoms. The van der Waals surface area contributed by atoms with Crippen molar-refractivity contribution in [3.63, 3.8) is 0 Å². The van der Waals surface area contributed by atoms with Crippen LogP contribution in [0.15, 0.2) is 91.3 Å². The van der Waals surface area contributed by atoms with E-state index in [0.717, 1.165) is 49.2 Å². The summed E-state index contributed by atoms with van der Waals surface area (Å²) in [5.74, 6) is 1.24. The van der Waals surface area contributed by atoms with Crippen LogP contribution in [0.1, 0.15) is 63.2 Å². The number of carbonyl (C=O) groups excluding carboxylic acids is 2. The molecule has 2 amide bonds. The Labute approximate surface area is 276 Å². The largest absolute Gasteiger partial charge is 0.492 e. The number of nitriles is 1. The summed E-state index contributed by atoms with van der Waals surface area (Å²) in [6.07, 6.45) is 6.69. The van der Waals surface area contributed by atoms with Gasteiger partial charge in [0, 0.05) is 57.1 Å². The average Bonchev–Trinajstić information content (AvgIpc) is 3.13. The van der Waals surface area contributed by atoms with Crippen molar-refractivity contribution in [1.82, 2.24) is 19.8 Å². The molecule has 9 nitrogen and oxygen atoms in total. The number of piperidine rings is 1. The Hall–Kier alpha value is -5.23. The lowest BCUT2D eigenvalue weighted by atomic mass is 9.75. The number of ether oxygens (including phenoxy) is 1. The van der Waals surface area contributed by atoms with Gasteiger partial charge in [-0.05, 0) is 74.1 Å². The normalized spacial score (nSPS) is 17.0. The number of hydrogen-bond donors (Lipinski definition) is 0. The summed E-state index contributed by atoms with van der Waals surface area (Å²) in [6.45, 7) is 5.91. The van der Waals surface area contributed by atoms with E-state index < -0.39 is 0 Å². The first-order chi connectivity index (χ1) is 22.9. The topological polar surface area (TPSA) is 103 Å². The van der Waals surface area contributed by atoms with Crippen molar-refractivity contribution in [1.29, 1.82) is 5.26 Å². The highest BCUT2D eigenvalue weighted by Gasteiger charge is 2.37. The van der Waals surface area contributed by atoms with Crippen LogP contribution < -0.4 is 9.64 Å². The zero-order valence-electron chi connectivity index (χ0n) is 26.8. The quantitative estimate of drug-likeness (QED) is 0.277. The smallest absolute Gasteiger partial charge is 0.272 e. The van der Waals surface area contributed by atoms with Crippen molar-refractivity contribution in [3.05, 3.63) is 119 Å². The molecule has 1 spiro atoms. The second kappa shape index (κ2) is 14.5. The second-order valence-corrected chi connectivity index (χ2v) is 12.6. The Morgan fingerprint density at radius 3 is 2.38 bits per heavy atom. The van der Waals surface area contributed by atoms with Crippen molar-refractivity contribution in [2.75, 3.05) is 44.2 Å². The molecule has 2 aromatic heterocycles. The predicted molar refractivity (Wildman–Crippen MR) is 180 cm³/mol. The molecule has 47 heavy (non-hydrogen) atoms. The molecule has 4 aromatic rings. The van der Waals surface area contributed by atoms with Gasteiger partial charge in [-0.15, -0.1) is 0 Å². The first-order valence-electron chi connectivity index (χ1n) is 16.3. The molecule has 2 aromatic carbocycles. The second-order valence-electron chi connectivity index (χ2n) is 12.6. The number of likely N-dealkylation sites (tertiary alicyclic amines) is 1. The Kier molecular flexibility index (Phi) is 9.77. The van der Waals surface area contributed by atoms with Gasteiger partial charge in [-0.2, -0.15) is 5.26 Å². The molecular formula is C38H40N6O3. The highest BCUT2D eigenvalue weighted by Crippen LogP contribution is 2.38. The predicted octanol–water partition coefficient (Wildman–Crippen LogP) is 5.90. The van der Waals surface area contributed by atoms with Gasteiger partial charge in [-0.25, -0.2) is 4.98 Å². The fourth-order valence-corrected chi connectivity index (χ4v) is 6.50. The Balaban J connectivity index is 1.28. The third-order valence-corrected chi connectivity index (χ3v) is 9.37. The fraction of sp³-hybridized carbons (Fsp3) is 0.342. The van der Waals surface area contributed by atoms with E-state index in [1.807, 2.05) is 83.5 Å². The number of aryl methyl sites for hydroxylation is 1. The van der Waals surface area contributed by atoms with E-state index in [4.69, 9.17) is 4.74 Å². The van der Waals surface area contributed by atoms with Gasteiger partial charge < -0.3 is 19.4 Å². The number of aromatic nitrogens is 2. The van der Waals surface area contributed by atoms with Crippen molar-refractivity contribution >= 4 is 17.6 Å². The van der Waals surface area contributed by atoms with Crippen molar-refractivity contribution in [3.8, 4) is 11.8 Å². The highest BCUT2D eigenvalue weighted by atomic mass is 16.5. The van der Waals surface area contributed by atoms with Gasteiger partial charge in [0.25, 0.3) is 11.8 Å². The van der Waals surface area contributed by atoms with E-state index in [9.17, 15) is 14.9 Å². The Bertz CT molecular complexity index is 1710. The summed E-state index contributed by atoms with van der Waals surface area (Å²) in [7, 11) is 0. The minimum atomic E-state index is -0.171. The number of para-hydroxylation sites is 1. The van der Waals surface area contributed by atoms with Crippen LogP contribution in [0.5, 0.6) is 5.75 Å². The summed E-state index contributed by atoms with van der Waals surface area (Å²) in [5.41, 5.74) is 3.42. The molecule has 2 aliphatic rings. The van der Waals surface area contributed by atoms with Gasteiger partial charge in [0.2, 0.25) is 0 Å². The number of amides is 2. The van der Waals surface area contributed by atoms with Crippen LogP contribution >= 0.6 is 0 Å². The minimum Gasteiger partial charge on any atom is -0.492 e. The number of carbonyl (C=O) groups is 2. The van der Waals surface area contributed by atoms with Crippen molar-refractivity contribution in [2.45, 2.75) is 39.2 Å². The minimum absolute atomic E-state index is 0.0436. The van der Waals surface area contributed by atoms with E-state index in [1.165, 1.54) is 0 Å². The number of hydrogen-bond acceptors (Lipinski definition) is 7. The molecule has 6 rings (SSSR count). The van der Waals surface area contributed by atoms with Crippen molar-refractivity contribution < 1.29 is 14.3 Å². The molecule has 2 aliphatic heterocycles. The van der Waals surface area contributed by atoms with Gasteiger partial charge in [0.15, 0.2) is 0 Å². The van der Waals surface area contributed by atoms with Crippen LogP contribution in [0, 0.1) is 23.7 Å². The third kappa shape index (κ3) is 7.60. The van der Waals surface area contributed by atoms with Crippen LogP contribution in [-0.4, -0.2) is 70.9 Å². The van der Waals surface area contributed by atoms with Crippen LogP contribution in [0.2, 0.25) is 0 Å².